The molecule has 0 aliphatic heterocycles. The Hall–Kier alpha value is -1.02. The van der Waals surface area contributed by atoms with E-state index < -0.39 is 0 Å². The molecule has 3 aromatic rings. The summed E-state index contributed by atoms with van der Waals surface area (Å²) in [5.41, 5.74) is 1.86. The van der Waals surface area contributed by atoms with Crippen LogP contribution in [0.15, 0.2) is 32.8 Å². The molecule has 1 aromatic carbocycles. The van der Waals surface area contributed by atoms with E-state index in [-0.39, 0.29) is 0 Å². The second-order valence-corrected chi connectivity index (χ2v) is 7.49. The fraction of sp³-hybridized carbons (Fsp3) is 0.0909. The Kier molecular flexibility index (Phi) is 3.79. The second-order valence-electron chi connectivity index (χ2n) is 3.60. The van der Waals surface area contributed by atoms with Crippen LogP contribution in [-0.4, -0.2) is 19.8 Å². The summed E-state index contributed by atoms with van der Waals surface area (Å²) in [5, 5.41) is 13.9. The number of benzene rings is 1. The lowest BCUT2D eigenvalue weighted by Gasteiger charge is -1.99. The maximum atomic E-state index is 5.89. The van der Waals surface area contributed by atoms with Gasteiger partial charge in [-0.25, -0.2) is 0 Å². The third kappa shape index (κ3) is 2.94. The Morgan fingerprint density at radius 1 is 1.11 bits per heavy atom. The summed E-state index contributed by atoms with van der Waals surface area (Å²) >= 11 is 10.4. The van der Waals surface area contributed by atoms with Crippen molar-refractivity contribution in [1.82, 2.24) is 19.8 Å². The van der Waals surface area contributed by atoms with E-state index in [1.165, 1.54) is 11.5 Å². The molecule has 0 spiro atoms. The molecular weight excluding hydrogens is 320 g/mol. The molecule has 2 heterocycles. The minimum atomic E-state index is 0.709. The van der Waals surface area contributed by atoms with Crippen LogP contribution in [-0.2, 0) is 0 Å². The van der Waals surface area contributed by atoms with Gasteiger partial charge in [-0.3, -0.25) is 0 Å². The summed E-state index contributed by atoms with van der Waals surface area (Å²) < 4.78 is 5.93. The summed E-state index contributed by atoms with van der Waals surface area (Å²) in [6.07, 6.45) is 0. The molecule has 0 N–H and O–H groups in total. The van der Waals surface area contributed by atoms with Gasteiger partial charge in [0.15, 0.2) is 4.34 Å². The van der Waals surface area contributed by atoms with Crippen molar-refractivity contribution in [2.75, 3.05) is 0 Å². The molecule has 4 nitrogen and oxygen atoms in total. The Morgan fingerprint density at radius 2 is 1.89 bits per heavy atom. The molecule has 8 heteroatoms. The Bertz CT molecular complexity index is 692. The van der Waals surface area contributed by atoms with Crippen molar-refractivity contribution in [1.29, 1.82) is 0 Å². The first-order chi connectivity index (χ1) is 9.22. The van der Waals surface area contributed by atoms with Crippen molar-refractivity contribution >= 4 is 46.2 Å². The van der Waals surface area contributed by atoms with Crippen molar-refractivity contribution in [3.05, 3.63) is 34.3 Å². The molecule has 3 rings (SSSR count). The number of halogens is 1. The number of hydrogen-bond acceptors (Lipinski definition) is 7. The van der Waals surface area contributed by atoms with Gasteiger partial charge in [-0.2, -0.15) is 0 Å². The number of aromatic nitrogens is 4. The zero-order chi connectivity index (χ0) is 13.2. The van der Waals surface area contributed by atoms with E-state index >= 15 is 0 Å². The van der Waals surface area contributed by atoms with Crippen molar-refractivity contribution in [3.63, 3.8) is 0 Å². The summed E-state index contributed by atoms with van der Waals surface area (Å²) in [6, 6.07) is 7.57. The fourth-order valence-corrected chi connectivity index (χ4v) is 4.33. The SMILES string of the molecule is Cc1nnc(Sc2snnc2-c2ccc(Cl)cc2)s1. The minimum absolute atomic E-state index is 0.709. The average Bonchev–Trinajstić information content (AvgIpc) is 3.00. The molecule has 0 atom stereocenters. The van der Waals surface area contributed by atoms with Crippen LogP contribution in [0.25, 0.3) is 11.3 Å². The van der Waals surface area contributed by atoms with E-state index in [1.54, 1.807) is 23.1 Å². The molecule has 0 saturated carbocycles. The highest BCUT2D eigenvalue weighted by Crippen LogP contribution is 2.38. The molecule has 0 fully saturated rings. The van der Waals surface area contributed by atoms with Gasteiger partial charge in [-0.1, -0.05) is 39.6 Å². The fourth-order valence-electron chi connectivity index (χ4n) is 1.43. The van der Waals surface area contributed by atoms with Crippen LogP contribution in [0.3, 0.4) is 0 Å². The van der Waals surface area contributed by atoms with Crippen molar-refractivity contribution in [2.45, 2.75) is 15.5 Å². The predicted molar refractivity (Wildman–Crippen MR) is 79.1 cm³/mol. The molecule has 96 valence electrons. The van der Waals surface area contributed by atoms with Gasteiger partial charge in [0.1, 0.15) is 14.9 Å². The van der Waals surface area contributed by atoms with Crippen LogP contribution in [0.5, 0.6) is 0 Å². The van der Waals surface area contributed by atoms with E-state index in [2.05, 4.69) is 19.8 Å². The largest absolute Gasteiger partial charge is 0.179 e. The monoisotopic (exact) mass is 326 g/mol. The van der Waals surface area contributed by atoms with Crippen LogP contribution in [0.4, 0.5) is 0 Å². The van der Waals surface area contributed by atoms with E-state index in [0.29, 0.717) is 5.02 Å². The number of aryl methyl sites for hydroxylation is 1. The minimum Gasteiger partial charge on any atom is -0.143 e. The van der Waals surface area contributed by atoms with E-state index in [0.717, 1.165) is 24.8 Å². The van der Waals surface area contributed by atoms with Crippen LogP contribution in [0.1, 0.15) is 5.01 Å². The molecule has 2 aromatic heterocycles. The van der Waals surface area contributed by atoms with Gasteiger partial charge in [0.25, 0.3) is 0 Å². The maximum absolute atomic E-state index is 5.89. The van der Waals surface area contributed by atoms with Gasteiger partial charge >= 0.3 is 0 Å². The summed E-state index contributed by atoms with van der Waals surface area (Å²) in [6.45, 7) is 1.94. The molecular formula is C11H7ClN4S3. The highest BCUT2D eigenvalue weighted by atomic mass is 35.5. The normalized spacial score (nSPS) is 10.8. The van der Waals surface area contributed by atoms with Crippen LogP contribution in [0, 0.1) is 6.92 Å². The maximum Gasteiger partial charge on any atom is 0.179 e. The van der Waals surface area contributed by atoms with Gasteiger partial charge in [0, 0.05) is 10.6 Å². The number of rotatable bonds is 3. The molecule has 0 radical (unpaired) electrons. The van der Waals surface area contributed by atoms with E-state index in [4.69, 9.17) is 11.6 Å². The van der Waals surface area contributed by atoms with Gasteiger partial charge in [-0.15, -0.1) is 15.3 Å². The van der Waals surface area contributed by atoms with Gasteiger partial charge < -0.3 is 0 Å². The zero-order valence-corrected chi connectivity index (χ0v) is 12.9. The van der Waals surface area contributed by atoms with Crippen LogP contribution in [0.2, 0.25) is 5.02 Å². The Labute approximate surface area is 127 Å². The predicted octanol–water partition coefficient (Wildman–Crippen LogP) is 4.17. The number of nitrogens with zero attached hydrogens (tertiary/aromatic N) is 4. The van der Waals surface area contributed by atoms with Crippen molar-refractivity contribution in [2.24, 2.45) is 0 Å². The van der Waals surface area contributed by atoms with E-state index in [9.17, 15) is 0 Å². The molecule has 0 aliphatic carbocycles. The summed E-state index contributed by atoms with van der Waals surface area (Å²) in [4.78, 5) is 0. The molecule has 0 amide bonds. The highest BCUT2D eigenvalue weighted by molar-refractivity contribution is 8.02. The third-order valence-electron chi connectivity index (χ3n) is 2.26. The third-order valence-corrected chi connectivity index (χ3v) is 5.28. The van der Waals surface area contributed by atoms with Gasteiger partial charge in [0.05, 0.1) is 0 Å². The molecule has 19 heavy (non-hydrogen) atoms. The van der Waals surface area contributed by atoms with Crippen molar-refractivity contribution in [3.8, 4) is 11.3 Å². The van der Waals surface area contributed by atoms with Crippen molar-refractivity contribution < 1.29 is 0 Å². The quantitative estimate of drug-likeness (QED) is 0.723. The molecule has 0 saturated heterocycles. The van der Waals surface area contributed by atoms with E-state index in [1.807, 2.05) is 31.2 Å². The topological polar surface area (TPSA) is 51.6 Å². The molecule has 0 bridgehead atoms. The zero-order valence-electron chi connectivity index (χ0n) is 9.70. The van der Waals surface area contributed by atoms with Crippen LogP contribution >= 0.6 is 46.2 Å². The highest BCUT2D eigenvalue weighted by Gasteiger charge is 2.14. The molecule has 0 aliphatic rings. The lowest BCUT2D eigenvalue weighted by molar-refractivity contribution is 0.984. The summed E-state index contributed by atoms with van der Waals surface area (Å²) in [7, 11) is 0. The lowest BCUT2D eigenvalue weighted by Crippen LogP contribution is -1.80. The first-order valence-electron chi connectivity index (χ1n) is 5.28. The summed E-state index contributed by atoms with van der Waals surface area (Å²) in [5.74, 6) is 0. The first-order valence-corrected chi connectivity index (χ1v) is 8.07. The van der Waals surface area contributed by atoms with Gasteiger partial charge in [-0.05, 0) is 42.4 Å². The van der Waals surface area contributed by atoms with Crippen LogP contribution < -0.4 is 0 Å². The Morgan fingerprint density at radius 3 is 2.58 bits per heavy atom. The lowest BCUT2D eigenvalue weighted by atomic mass is 10.2. The standard InChI is InChI=1S/C11H7ClN4S3/c1-6-13-15-11(17-6)18-10-9(14-16-19-10)7-2-4-8(12)5-3-7/h2-5H,1H3. The first kappa shape index (κ1) is 13.0. The average molecular weight is 327 g/mol. The van der Waals surface area contributed by atoms with Gasteiger partial charge in [0.2, 0.25) is 0 Å². The second kappa shape index (κ2) is 5.54. The number of hydrogen-bond donors (Lipinski definition) is 0. The smallest absolute Gasteiger partial charge is 0.143 e. The Balaban J connectivity index is 1.92. The molecule has 0 unspecified atom stereocenters.